The SMILES string of the molecule is O=[N+]([O-])c1cncc(Br)c1NCc1ccc(F)cc1F. The third-order valence-corrected chi connectivity index (χ3v) is 3.15. The number of halogens is 3. The van der Waals surface area contributed by atoms with Crippen LogP contribution in [0.4, 0.5) is 20.2 Å². The molecule has 0 amide bonds. The number of aromatic nitrogens is 1. The zero-order valence-electron chi connectivity index (χ0n) is 9.94. The number of anilines is 1. The molecule has 0 aliphatic carbocycles. The molecule has 0 saturated carbocycles. The van der Waals surface area contributed by atoms with Gasteiger partial charge in [-0.25, -0.2) is 8.78 Å². The van der Waals surface area contributed by atoms with E-state index in [0.717, 1.165) is 18.3 Å². The van der Waals surface area contributed by atoms with E-state index < -0.39 is 16.6 Å². The van der Waals surface area contributed by atoms with Crippen LogP contribution in [0.1, 0.15) is 5.56 Å². The highest BCUT2D eigenvalue weighted by molar-refractivity contribution is 9.10. The molecule has 0 saturated heterocycles. The lowest BCUT2D eigenvalue weighted by molar-refractivity contribution is -0.384. The molecule has 0 aliphatic heterocycles. The number of hydrogen-bond acceptors (Lipinski definition) is 4. The van der Waals surface area contributed by atoms with Crippen molar-refractivity contribution in [3.8, 4) is 0 Å². The predicted octanol–water partition coefficient (Wildman–Crippen LogP) is 3.64. The Kier molecular flexibility index (Phi) is 4.23. The number of benzene rings is 1. The standard InChI is InChI=1S/C12H8BrF2N3O2/c13-9-5-16-6-11(18(19)20)12(9)17-4-7-1-2-8(14)3-10(7)15/h1-3,5-6H,4H2,(H,16,17). The van der Waals surface area contributed by atoms with Crippen molar-refractivity contribution in [3.63, 3.8) is 0 Å². The van der Waals surface area contributed by atoms with Crippen molar-refractivity contribution >= 4 is 27.3 Å². The maximum atomic E-state index is 13.5. The zero-order valence-corrected chi connectivity index (χ0v) is 11.5. The van der Waals surface area contributed by atoms with E-state index >= 15 is 0 Å². The fraction of sp³-hybridized carbons (Fsp3) is 0.0833. The predicted molar refractivity (Wildman–Crippen MR) is 72.3 cm³/mol. The molecular formula is C12H8BrF2N3O2. The van der Waals surface area contributed by atoms with E-state index in [0.29, 0.717) is 4.47 Å². The molecule has 8 heteroatoms. The largest absolute Gasteiger partial charge is 0.374 e. The maximum Gasteiger partial charge on any atom is 0.311 e. The summed E-state index contributed by atoms with van der Waals surface area (Å²) in [7, 11) is 0. The van der Waals surface area contributed by atoms with Crippen LogP contribution >= 0.6 is 15.9 Å². The fourth-order valence-corrected chi connectivity index (χ4v) is 2.05. The highest BCUT2D eigenvalue weighted by Crippen LogP contribution is 2.31. The van der Waals surface area contributed by atoms with Gasteiger partial charge in [-0.3, -0.25) is 15.1 Å². The molecule has 2 rings (SSSR count). The van der Waals surface area contributed by atoms with Gasteiger partial charge in [-0.15, -0.1) is 0 Å². The van der Waals surface area contributed by atoms with E-state index in [-0.39, 0.29) is 23.5 Å². The van der Waals surface area contributed by atoms with Crippen molar-refractivity contribution in [2.24, 2.45) is 0 Å². The van der Waals surface area contributed by atoms with Gasteiger partial charge in [0, 0.05) is 24.4 Å². The van der Waals surface area contributed by atoms with Crippen LogP contribution in [0.15, 0.2) is 35.1 Å². The maximum absolute atomic E-state index is 13.5. The summed E-state index contributed by atoms with van der Waals surface area (Å²) in [6.45, 7) is -0.0183. The lowest BCUT2D eigenvalue weighted by Crippen LogP contribution is -2.05. The van der Waals surface area contributed by atoms with Gasteiger partial charge in [-0.05, 0) is 22.0 Å². The summed E-state index contributed by atoms with van der Waals surface area (Å²) < 4.78 is 26.6. The monoisotopic (exact) mass is 343 g/mol. The Hall–Kier alpha value is -2.09. The molecule has 5 nitrogen and oxygen atoms in total. The van der Waals surface area contributed by atoms with Gasteiger partial charge in [0.05, 0.1) is 9.40 Å². The number of nitrogens with zero attached hydrogens (tertiary/aromatic N) is 2. The van der Waals surface area contributed by atoms with Crippen LogP contribution in [-0.4, -0.2) is 9.91 Å². The molecule has 0 spiro atoms. The lowest BCUT2D eigenvalue weighted by Gasteiger charge is -2.09. The lowest BCUT2D eigenvalue weighted by atomic mass is 10.2. The molecule has 0 radical (unpaired) electrons. The van der Waals surface area contributed by atoms with Crippen molar-refractivity contribution in [2.45, 2.75) is 6.54 Å². The Labute approximate surface area is 120 Å². The first kappa shape index (κ1) is 14.3. The normalized spacial score (nSPS) is 10.3. The minimum atomic E-state index is -0.717. The molecular weight excluding hydrogens is 336 g/mol. The minimum absolute atomic E-state index is 0.0183. The Morgan fingerprint density at radius 2 is 2.10 bits per heavy atom. The van der Waals surface area contributed by atoms with E-state index in [1.165, 1.54) is 12.3 Å². The Bertz CT molecular complexity index is 667. The molecule has 0 atom stereocenters. The number of nitro groups is 1. The van der Waals surface area contributed by atoms with Crippen LogP contribution in [0.3, 0.4) is 0 Å². The van der Waals surface area contributed by atoms with Crippen molar-refractivity contribution in [1.82, 2.24) is 4.98 Å². The number of rotatable bonds is 4. The van der Waals surface area contributed by atoms with E-state index in [2.05, 4.69) is 26.2 Å². The van der Waals surface area contributed by atoms with Crippen LogP contribution in [0.25, 0.3) is 0 Å². The van der Waals surface area contributed by atoms with Gasteiger partial charge in [-0.1, -0.05) is 6.07 Å². The van der Waals surface area contributed by atoms with Gasteiger partial charge < -0.3 is 5.32 Å². The van der Waals surface area contributed by atoms with E-state index in [4.69, 9.17) is 0 Å². The topological polar surface area (TPSA) is 68.1 Å². The summed E-state index contributed by atoms with van der Waals surface area (Å²) >= 11 is 3.14. The number of hydrogen-bond donors (Lipinski definition) is 1. The van der Waals surface area contributed by atoms with E-state index in [9.17, 15) is 18.9 Å². The second-order valence-corrected chi connectivity index (χ2v) is 4.72. The van der Waals surface area contributed by atoms with Gasteiger partial charge in [-0.2, -0.15) is 0 Å². The van der Waals surface area contributed by atoms with Crippen LogP contribution < -0.4 is 5.32 Å². The molecule has 2 aromatic rings. The first-order valence-corrected chi connectivity index (χ1v) is 6.24. The number of pyridine rings is 1. The molecule has 0 fully saturated rings. The van der Waals surface area contributed by atoms with Crippen LogP contribution in [0.2, 0.25) is 0 Å². The number of nitrogens with one attached hydrogen (secondary N) is 1. The van der Waals surface area contributed by atoms with Crippen LogP contribution in [0.5, 0.6) is 0 Å². The van der Waals surface area contributed by atoms with Gasteiger partial charge >= 0.3 is 5.69 Å². The highest BCUT2D eigenvalue weighted by atomic mass is 79.9. The smallest absolute Gasteiger partial charge is 0.311 e. The molecule has 0 aliphatic rings. The highest BCUT2D eigenvalue weighted by Gasteiger charge is 2.17. The molecule has 104 valence electrons. The quantitative estimate of drug-likeness (QED) is 0.679. The first-order valence-electron chi connectivity index (χ1n) is 5.44. The first-order chi connectivity index (χ1) is 9.49. The van der Waals surface area contributed by atoms with Crippen LogP contribution in [0, 0.1) is 21.7 Å². The molecule has 1 aromatic carbocycles. The van der Waals surface area contributed by atoms with E-state index in [1.807, 2.05) is 0 Å². The Balaban J connectivity index is 2.25. The molecule has 1 heterocycles. The average Bonchev–Trinajstić information content (AvgIpc) is 2.38. The summed E-state index contributed by atoms with van der Waals surface area (Å²) in [5.74, 6) is -1.40. The average molecular weight is 344 g/mol. The van der Waals surface area contributed by atoms with Crippen molar-refractivity contribution < 1.29 is 13.7 Å². The summed E-state index contributed by atoms with van der Waals surface area (Å²) in [5.41, 5.74) is 0.153. The fourth-order valence-electron chi connectivity index (χ4n) is 1.59. The Morgan fingerprint density at radius 3 is 2.75 bits per heavy atom. The van der Waals surface area contributed by atoms with Crippen molar-refractivity contribution in [2.75, 3.05) is 5.32 Å². The van der Waals surface area contributed by atoms with Gasteiger partial charge in [0.1, 0.15) is 23.5 Å². The molecule has 1 N–H and O–H groups in total. The molecule has 20 heavy (non-hydrogen) atoms. The van der Waals surface area contributed by atoms with E-state index in [1.54, 1.807) is 0 Å². The third kappa shape index (κ3) is 3.08. The van der Waals surface area contributed by atoms with Gasteiger partial charge in [0.25, 0.3) is 0 Å². The van der Waals surface area contributed by atoms with Crippen LogP contribution in [-0.2, 0) is 6.54 Å². The van der Waals surface area contributed by atoms with Crippen molar-refractivity contribution in [1.29, 1.82) is 0 Å². The molecule has 0 unspecified atom stereocenters. The molecule has 0 bridgehead atoms. The summed E-state index contributed by atoms with van der Waals surface area (Å²) in [6.07, 6.45) is 2.48. The third-order valence-electron chi connectivity index (χ3n) is 2.55. The van der Waals surface area contributed by atoms with Crippen molar-refractivity contribution in [3.05, 3.63) is 62.4 Å². The Morgan fingerprint density at radius 1 is 1.35 bits per heavy atom. The second kappa shape index (κ2) is 5.91. The minimum Gasteiger partial charge on any atom is -0.374 e. The van der Waals surface area contributed by atoms with Gasteiger partial charge in [0.2, 0.25) is 0 Å². The molecule has 1 aromatic heterocycles. The second-order valence-electron chi connectivity index (χ2n) is 3.86. The summed E-state index contributed by atoms with van der Waals surface area (Å²) in [5, 5.41) is 13.6. The summed E-state index contributed by atoms with van der Waals surface area (Å²) in [4.78, 5) is 14.0. The zero-order chi connectivity index (χ0) is 14.7. The van der Waals surface area contributed by atoms with Gasteiger partial charge in [0.15, 0.2) is 0 Å². The summed E-state index contributed by atoms with van der Waals surface area (Å²) in [6, 6.07) is 3.15.